The van der Waals surface area contributed by atoms with Crippen LogP contribution in [0.25, 0.3) is 16.6 Å². The molecule has 0 saturated carbocycles. The number of fused-ring (bicyclic) bond motifs is 1. The third-order valence-corrected chi connectivity index (χ3v) is 4.40. The second-order valence-corrected chi connectivity index (χ2v) is 6.17. The number of aromatic nitrogens is 1. The van der Waals surface area contributed by atoms with Crippen molar-refractivity contribution < 1.29 is 9.90 Å². The molecule has 3 nitrogen and oxygen atoms in total. The van der Waals surface area contributed by atoms with Crippen LogP contribution >= 0.6 is 15.9 Å². The average molecular weight is 358 g/mol. The lowest BCUT2D eigenvalue weighted by Gasteiger charge is -2.09. The van der Waals surface area contributed by atoms with Crippen molar-refractivity contribution >= 4 is 32.6 Å². The Morgan fingerprint density at radius 3 is 2.50 bits per heavy atom. The fourth-order valence-electron chi connectivity index (χ4n) is 2.86. The Balaban J connectivity index is 2.37. The molecule has 3 rings (SSSR count). The summed E-state index contributed by atoms with van der Waals surface area (Å²) in [7, 11) is 0. The first kappa shape index (κ1) is 14.9. The summed E-state index contributed by atoms with van der Waals surface area (Å²) in [6, 6.07) is 13.1. The summed E-state index contributed by atoms with van der Waals surface area (Å²) >= 11 is 3.44. The molecule has 0 aliphatic carbocycles. The van der Waals surface area contributed by atoms with E-state index < -0.39 is 0 Å². The van der Waals surface area contributed by atoms with E-state index in [-0.39, 0.29) is 11.5 Å². The molecule has 2 aromatic carbocycles. The third-order valence-electron chi connectivity index (χ3n) is 3.87. The van der Waals surface area contributed by atoms with Crippen molar-refractivity contribution in [2.45, 2.75) is 20.3 Å². The summed E-state index contributed by atoms with van der Waals surface area (Å²) in [6.07, 6.45) is 0.440. The first-order valence-corrected chi connectivity index (χ1v) is 7.95. The number of rotatable bonds is 3. The van der Waals surface area contributed by atoms with E-state index >= 15 is 0 Å². The van der Waals surface area contributed by atoms with E-state index in [0.717, 1.165) is 26.8 Å². The standard InChI is InChI=1S/C18H16BrNO2/c1-3-17(22)18-11(2)20(13-6-4-12(19)5-7-13)16-9-8-14(21)10-15(16)18/h4-10,21H,3H2,1-2H3. The Hall–Kier alpha value is -2.07. The van der Waals surface area contributed by atoms with E-state index in [1.54, 1.807) is 12.1 Å². The molecule has 1 heterocycles. The van der Waals surface area contributed by atoms with Gasteiger partial charge in [-0.25, -0.2) is 0 Å². The van der Waals surface area contributed by atoms with Gasteiger partial charge >= 0.3 is 0 Å². The molecule has 3 aromatic rings. The van der Waals surface area contributed by atoms with Crippen LogP contribution in [0.5, 0.6) is 5.75 Å². The van der Waals surface area contributed by atoms with Crippen molar-refractivity contribution in [3.8, 4) is 11.4 Å². The Morgan fingerprint density at radius 2 is 1.86 bits per heavy atom. The number of carbonyl (C=O) groups is 1. The number of carbonyl (C=O) groups excluding carboxylic acids is 1. The predicted molar refractivity (Wildman–Crippen MR) is 92.0 cm³/mol. The highest BCUT2D eigenvalue weighted by Gasteiger charge is 2.20. The van der Waals surface area contributed by atoms with Gasteiger partial charge in [-0.15, -0.1) is 0 Å². The van der Waals surface area contributed by atoms with Crippen LogP contribution in [0.2, 0.25) is 0 Å². The van der Waals surface area contributed by atoms with Gasteiger partial charge in [0.25, 0.3) is 0 Å². The second kappa shape index (κ2) is 5.61. The van der Waals surface area contributed by atoms with Crippen molar-refractivity contribution in [3.05, 3.63) is 58.2 Å². The van der Waals surface area contributed by atoms with E-state index in [1.807, 2.05) is 44.2 Å². The smallest absolute Gasteiger partial charge is 0.165 e. The number of hydrogen-bond acceptors (Lipinski definition) is 2. The molecule has 0 atom stereocenters. The van der Waals surface area contributed by atoms with Gasteiger partial charge in [-0.05, 0) is 49.4 Å². The minimum Gasteiger partial charge on any atom is -0.508 e. The van der Waals surface area contributed by atoms with Crippen molar-refractivity contribution in [1.29, 1.82) is 0 Å². The molecule has 0 unspecified atom stereocenters. The molecule has 0 amide bonds. The zero-order valence-electron chi connectivity index (χ0n) is 12.4. The lowest BCUT2D eigenvalue weighted by Crippen LogP contribution is -2.01. The molecule has 1 N–H and O–H groups in total. The molecular weight excluding hydrogens is 342 g/mol. The molecule has 0 bridgehead atoms. The van der Waals surface area contributed by atoms with Crippen LogP contribution in [-0.2, 0) is 0 Å². The average Bonchev–Trinajstić information content (AvgIpc) is 2.79. The van der Waals surface area contributed by atoms with E-state index in [4.69, 9.17) is 0 Å². The molecule has 4 heteroatoms. The van der Waals surface area contributed by atoms with E-state index in [2.05, 4.69) is 20.5 Å². The highest BCUT2D eigenvalue weighted by molar-refractivity contribution is 9.10. The topological polar surface area (TPSA) is 42.2 Å². The maximum absolute atomic E-state index is 12.4. The zero-order chi connectivity index (χ0) is 15.9. The molecular formula is C18H16BrNO2. The van der Waals surface area contributed by atoms with Gasteiger partial charge in [0.1, 0.15) is 5.75 Å². The van der Waals surface area contributed by atoms with Crippen molar-refractivity contribution in [1.82, 2.24) is 4.57 Å². The van der Waals surface area contributed by atoms with Crippen LogP contribution in [0.15, 0.2) is 46.9 Å². The summed E-state index contributed by atoms with van der Waals surface area (Å²) in [5, 5.41) is 10.6. The normalized spacial score (nSPS) is 11.0. The third kappa shape index (κ3) is 2.33. The number of halogens is 1. The Bertz CT molecular complexity index is 863. The first-order valence-electron chi connectivity index (χ1n) is 7.16. The summed E-state index contributed by atoms with van der Waals surface area (Å²) < 4.78 is 3.07. The molecule has 0 saturated heterocycles. The fourth-order valence-corrected chi connectivity index (χ4v) is 3.12. The number of ketones is 1. The van der Waals surface area contributed by atoms with Crippen molar-refractivity contribution in [3.63, 3.8) is 0 Å². The molecule has 112 valence electrons. The van der Waals surface area contributed by atoms with Crippen LogP contribution in [0, 0.1) is 6.92 Å². The van der Waals surface area contributed by atoms with Crippen LogP contribution in [0.4, 0.5) is 0 Å². The van der Waals surface area contributed by atoms with Crippen LogP contribution < -0.4 is 0 Å². The zero-order valence-corrected chi connectivity index (χ0v) is 14.0. The maximum Gasteiger partial charge on any atom is 0.165 e. The molecule has 0 spiro atoms. The second-order valence-electron chi connectivity index (χ2n) is 5.25. The van der Waals surface area contributed by atoms with Crippen molar-refractivity contribution in [2.75, 3.05) is 0 Å². The fraction of sp³-hybridized carbons (Fsp3) is 0.167. The highest BCUT2D eigenvalue weighted by atomic mass is 79.9. The molecule has 0 radical (unpaired) electrons. The van der Waals surface area contributed by atoms with E-state index in [9.17, 15) is 9.90 Å². The summed E-state index contributed by atoms with van der Waals surface area (Å²) in [6.45, 7) is 3.80. The van der Waals surface area contributed by atoms with Gasteiger partial charge in [-0.2, -0.15) is 0 Å². The SMILES string of the molecule is CCC(=O)c1c(C)n(-c2ccc(Br)cc2)c2ccc(O)cc12. The van der Waals surface area contributed by atoms with Gasteiger partial charge in [0, 0.05) is 33.2 Å². The van der Waals surface area contributed by atoms with Gasteiger partial charge in [-0.3, -0.25) is 4.79 Å². The number of hydrogen-bond donors (Lipinski definition) is 1. The summed E-state index contributed by atoms with van der Waals surface area (Å²) in [5.74, 6) is 0.259. The van der Waals surface area contributed by atoms with E-state index in [0.29, 0.717) is 12.0 Å². The molecule has 1 aromatic heterocycles. The van der Waals surface area contributed by atoms with E-state index in [1.165, 1.54) is 0 Å². The van der Waals surface area contributed by atoms with Crippen molar-refractivity contribution in [2.24, 2.45) is 0 Å². The van der Waals surface area contributed by atoms with Gasteiger partial charge in [0.15, 0.2) is 5.78 Å². The minimum atomic E-state index is 0.0870. The summed E-state index contributed by atoms with van der Waals surface area (Å²) in [4.78, 5) is 12.4. The van der Waals surface area contributed by atoms with Gasteiger partial charge in [0.2, 0.25) is 0 Å². The largest absolute Gasteiger partial charge is 0.508 e. The number of phenolic OH excluding ortho intramolecular Hbond substituents is 1. The molecule has 0 fully saturated rings. The quantitative estimate of drug-likeness (QED) is 0.670. The number of Topliss-reactive ketones (excluding diaryl/α,β-unsaturated/α-hetero) is 1. The monoisotopic (exact) mass is 357 g/mol. The number of phenols is 1. The lowest BCUT2D eigenvalue weighted by atomic mass is 10.1. The highest BCUT2D eigenvalue weighted by Crippen LogP contribution is 2.32. The number of aromatic hydroxyl groups is 1. The molecule has 0 aliphatic heterocycles. The van der Waals surface area contributed by atoms with Crippen LogP contribution in [0.3, 0.4) is 0 Å². The van der Waals surface area contributed by atoms with Gasteiger partial charge in [0.05, 0.1) is 5.52 Å². The Kier molecular flexibility index (Phi) is 3.79. The van der Waals surface area contributed by atoms with Gasteiger partial charge < -0.3 is 9.67 Å². The number of nitrogens with zero attached hydrogens (tertiary/aromatic N) is 1. The molecule has 0 aliphatic rings. The predicted octanol–water partition coefficient (Wildman–Crippen LogP) is 5.00. The minimum absolute atomic E-state index is 0.0870. The van der Waals surface area contributed by atoms with Gasteiger partial charge in [-0.1, -0.05) is 22.9 Å². The maximum atomic E-state index is 12.4. The Morgan fingerprint density at radius 1 is 1.18 bits per heavy atom. The Labute approximate surface area is 137 Å². The molecule has 22 heavy (non-hydrogen) atoms. The van der Waals surface area contributed by atoms with Crippen LogP contribution in [-0.4, -0.2) is 15.5 Å². The lowest BCUT2D eigenvalue weighted by molar-refractivity contribution is 0.0989. The number of benzene rings is 2. The van der Waals surface area contributed by atoms with Crippen LogP contribution in [0.1, 0.15) is 29.4 Å². The first-order chi connectivity index (χ1) is 10.5. The summed E-state index contributed by atoms with van der Waals surface area (Å²) in [5.41, 5.74) is 3.51.